The molecule has 1 atom stereocenters. The summed E-state index contributed by atoms with van der Waals surface area (Å²) in [6.07, 6.45) is 2.03. The van der Waals surface area contributed by atoms with E-state index in [1.165, 1.54) is 0 Å². The van der Waals surface area contributed by atoms with Crippen molar-refractivity contribution in [2.75, 3.05) is 37.6 Å². The van der Waals surface area contributed by atoms with Gasteiger partial charge < -0.3 is 15.1 Å². The minimum absolute atomic E-state index is 0.00386. The molecule has 30 heavy (non-hydrogen) atoms. The molecular weight excluding hydrogens is 398 g/mol. The summed E-state index contributed by atoms with van der Waals surface area (Å²) < 4.78 is 0. The smallest absolute Gasteiger partial charge is 0.239 e. The number of rotatable bonds is 3. The zero-order valence-electron chi connectivity index (χ0n) is 16.7. The Labute approximate surface area is 180 Å². The second kappa shape index (κ2) is 8.20. The number of anilines is 1. The molecule has 3 heterocycles. The van der Waals surface area contributed by atoms with Crippen molar-refractivity contribution in [2.24, 2.45) is 0 Å². The number of amides is 1. The topological polar surface area (TPSA) is 61.4 Å². The van der Waals surface area contributed by atoms with Crippen molar-refractivity contribution in [2.45, 2.75) is 18.9 Å². The van der Waals surface area contributed by atoms with Crippen molar-refractivity contribution in [1.82, 2.24) is 20.4 Å². The molecule has 1 amide bonds. The van der Waals surface area contributed by atoms with E-state index < -0.39 is 0 Å². The number of hydrogen-bond acceptors (Lipinski definition) is 5. The standard InChI is InChI=1S/C23H24ClN5O/c24-17-9-7-16(8-10-17)21-18-4-1-2-5-19(18)22(27-26-21)28-12-14-29(15-13-28)23(30)20-6-3-11-25-20/h1-2,4-5,7-10,20,25H,3,6,11-15H2/t20-/m0/s1. The highest BCUT2D eigenvalue weighted by Gasteiger charge is 2.30. The molecule has 0 bridgehead atoms. The zero-order chi connectivity index (χ0) is 20.5. The van der Waals surface area contributed by atoms with Gasteiger partial charge in [0.15, 0.2) is 5.82 Å². The number of carbonyl (C=O) groups excluding carboxylic acids is 1. The predicted molar refractivity (Wildman–Crippen MR) is 120 cm³/mol. The van der Waals surface area contributed by atoms with Crippen molar-refractivity contribution >= 4 is 34.1 Å². The van der Waals surface area contributed by atoms with E-state index in [0.29, 0.717) is 18.1 Å². The maximum absolute atomic E-state index is 12.7. The van der Waals surface area contributed by atoms with Crippen LogP contribution in [0.3, 0.4) is 0 Å². The first-order valence-corrected chi connectivity index (χ1v) is 10.9. The molecule has 0 saturated carbocycles. The van der Waals surface area contributed by atoms with Crippen LogP contribution in [0.15, 0.2) is 48.5 Å². The molecule has 154 valence electrons. The third-order valence-corrected chi connectivity index (χ3v) is 6.29. The van der Waals surface area contributed by atoms with Crippen LogP contribution >= 0.6 is 11.6 Å². The third-order valence-electron chi connectivity index (χ3n) is 6.03. The first-order chi connectivity index (χ1) is 14.7. The summed E-state index contributed by atoms with van der Waals surface area (Å²) in [5, 5.41) is 15.3. The van der Waals surface area contributed by atoms with Gasteiger partial charge in [0.05, 0.1) is 6.04 Å². The van der Waals surface area contributed by atoms with E-state index in [4.69, 9.17) is 11.6 Å². The molecule has 0 aliphatic carbocycles. The molecular formula is C23H24ClN5O. The lowest BCUT2D eigenvalue weighted by molar-refractivity contribution is -0.133. The quantitative estimate of drug-likeness (QED) is 0.702. The van der Waals surface area contributed by atoms with Crippen molar-refractivity contribution in [1.29, 1.82) is 0 Å². The average Bonchev–Trinajstić information content (AvgIpc) is 3.34. The molecule has 0 spiro atoms. The van der Waals surface area contributed by atoms with Gasteiger partial charge in [0.1, 0.15) is 5.69 Å². The van der Waals surface area contributed by atoms with Crippen molar-refractivity contribution in [3.05, 3.63) is 53.6 Å². The molecule has 6 nitrogen and oxygen atoms in total. The molecule has 2 aromatic carbocycles. The van der Waals surface area contributed by atoms with Crippen molar-refractivity contribution in [3.63, 3.8) is 0 Å². The number of nitrogens with one attached hydrogen (secondary N) is 1. The van der Waals surface area contributed by atoms with Gasteiger partial charge in [0.2, 0.25) is 5.91 Å². The number of carbonyl (C=O) groups is 1. The highest BCUT2D eigenvalue weighted by molar-refractivity contribution is 6.30. The van der Waals surface area contributed by atoms with Crippen LogP contribution in [-0.2, 0) is 4.79 Å². The minimum Gasteiger partial charge on any atom is -0.351 e. The summed E-state index contributed by atoms with van der Waals surface area (Å²) in [5.41, 5.74) is 1.85. The van der Waals surface area contributed by atoms with Crippen LogP contribution in [0.1, 0.15) is 12.8 Å². The third kappa shape index (κ3) is 3.61. The van der Waals surface area contributed by atoms with Crippen molar-refractivity contribution in [3.8, 4) is 11.3 Å². The van der Waals surface area contributed by atoms with Gasteiger partial charge in [-0.25, -0.2) is 0 Å². The molecule has 2 aliphatic rings. The van der Waals surface area contributed by atoms with Gasteiger partial charge in [-0.05, 0) is 31.5 Å². The monoisotopic (exact) mass is 421 g/mol. The molecule has 2 aliphatic heterocycles. The van der Waals surface area contributed by atoms with Gasteiger partial charge >= 0.3 is 0 Å². The summed E-state index contributed by atoms with van der Waals surface area (Å²) in [6, 6.07) is 15.9. The van der Waals surface area contributed by atoms with E-state index in [9.17, 15) is 4.79 Å². The number of nitrogens with zero attached hydrogens (tertiary/aromatic N) is 4. The van der Waals surface area contributed by atoms with E-state index >= 15 is 0 Å². The SMILES string of the molecule is O=C([C@@H]1CCCN1)N1CCN(c2nnc(-c3ccc(Cl)cc3)c3ccccc23)CC1. The molecule has 2 fully saturated rings. The van der Waals surface area contributed by atoms with Crippen LogP contribution in [0.4, 0.5) is 5.82 Å². The second-order valence-electron chi connectivity index (χ2n) is 7.89. The molecule has 0 unspecified atom stereocenters. The summed E-state index contributed by atoms with van der Waals surface area (Å²) in [7, 11) is 0. The summed E-state index contributed by atoms with van der Waals surface area (Å²) >= 11 is 6.05. The molecule has 5 rings (SSSR count). The Hall–Kier alpha value is -2.70. The highest BCUT2D eigenvalue weighted by Crippen LogP contribution is 2.32. The van der Waals surface area contributed by atoms with Crippen molar-refractivity contribution < 1.29 is 4.79 Å². The van der Waals surface area contributed by atoms with Gasteiger partial charge in [-0.15, -0.1) is 10.2 Å². The molecule has 2 saturated heterocycles. The molecule has 1 aromatic heterocycles. The Morgan fingerprint density at radius 2 is 1.70 bits per heavy atom. The Bertz CT molecular complexity index is 1060. The number of hydrogen-bond donors (Lipinski definition) is 1. The Balaban J connectivity index is 1.40. The summed E-state index contributed by atoms with van der Waals surface area (Å²) in [4.78, 5) is 16.9. The van der Waals surface area contributed by atoms with E-state index in [1.807, 2.05) is 41.3 Å². The fourth-order valence-corrected chi connectivity index (χ4v) is 4.52. The van der Waals surface area contributed by atoms with Crippen LogP contribution in [0.2, 0.25) is 5.02 Å². The predicted octanol–water partition coefficient (Wildman–Crippen LogP) is 3.35. The molecule has 1 N–H and O–H groups in total. The number of benzene rings is 2. The van der Waals surface area contributed by atoms with Gasteiger partial charge in [-0.1, -0.05) is 48.0 Å². The van der Waals surface area contributed by atoms with Crippen LogP contribution in [0, 0.1) is 0 Å². The lowest BCUT2D eigenvalue weighted by Gasteiger charge is -2.36. The largest absolute Gasteiger partial charge is 0.351 e. The Morgan fingerprint density at radius 3 is 2.40 bits per heavy atom. The van der Waals surface area contributed by atoms with Gasteiger partial charge in [0.25, 0.3) is 0 Å². The second-order valence-corrected chi connectivity index (χ2v) is 8.32. The number of aromatic nitrogens is 2. The Kier molecular flexibility index (Phi) is 5.27. The molecule has 0 radical (unpaired) electrons. The van der Waals surface area contributed by atoms with Gasteiger partial charge in [-0.3, -0.25) is 4.79 Å². The average molecular weight is 422 g/mol. The highest BCUT2D eigenvalue weighted by atomic mass is 35.5. The van der Waals surface area contributed by atoms with E-state index in [2.05, 4.69) is 32.5 Å². The first kappa shape index (κ1) is 19.3. The van der Waals surface area contributed by atoms with Gasteiger partial charge in [-0.2, -0.15) is 0 Å². The Morgan fingerprint density at radius 1 is 0.967 bits per heavy atom. The molecule has 3 aromatic rings. The fraction of sp³-hybridized carbons (Fsp3) is 0.348. The number of fused-ring (bicyclic) bond motifs is 1. The maximum atomic E-state index is 12.7. The van der Waals surface area contributed by atoms with Gasteiger partial charge in [0, 0.05) is 47.5 Å². The fourth-order valence-electron chi connectivity index (χ4n) is 4.40. The van der Waals surface area contributed by atoms with Crippen LogP contribution in [0.25, 0.3) is 22.0 Å². The van der Waals surface area contributed by atoms with E-state index in [1.54, 1.807) is 0 Å². The summed E-state index contributed by atoms with van der Waals surface area (Å²) in [5.74, 6) is 1.12. The first-order valence-electron chi connectivity index (χ1n) is 10.5. The maximum Gasteiger partial charge on any atom is 0.239 e. The normalized spacial score (nSPS) is 19.4. The summed E-state index contributed by atoms with van der Waals surface area (Å²) in [6.45, 7) is 3.89. The van der Waals surface area contributed by atoms with Crippen LogP contribution in [0.5, 0.6) is 0 Å². The van der Waals surface area contributed by atoms with E-state index in [0.717, 1.165) is 60.3 Å². The zero-order valence-corrected chi connectivity index (χ0v) is 17.5. The number of halogens is 1. The molecule has 7 heteroatoms. The van der Waals surface area contributed by atoms with Crippen LogP contribution in [-0.4, -0.2) is 59.8 Å². The minimum atomic E-state index is -0.00386. The lowest BCUT2D eigenvalue weighted by atomic mass is 10.0. The lowest BCUT2D eigenvalue weighted by Crippen LogP contribution is -2.53. The van der Waals surface area contributed by atoms with Crippen LogP contribution < -0.4 is 10.2 Å². The number of piperazine rings is 1. The van der Waals surface area contributed by atoms with E-state index in [-0.39, 0.29) is 11.9 Å².